The van der Waals surface area contributed by atoms with E-state index in [1.807, 2.05) is 6.07 Å². The first kappa shape index (κ1) is 23.9. The quantitative estimate of drug-likeness (QED) is 0.377. The minimum absolute atomic E-state index is 0.146. The van der Waals surface area contributed by atoms with Crippen LogP contribution in [0.15, 0.2) is 67.1 Å². The summed E-state index contributed by atoms with van der Waals surface area (Å²) in [5.41, 5.74) is 9.42. The molecule has 0 fully saturated rings. The Morgan fingerprint density at radius 2 is 1.86 bits per heavy atom. The molecule has 37 heavy (non-hydrogen) atoms. The van der Waals surface area contributed by atoms with Crippen LogP contribution in [-0.2, 0) is 18.4 Å². The number of nitrogens with two attached hydrogens (primary N) is 1. The lowest BCUT2D eigenvalue weighted by Gasteiger charge is -2.31. The number of carbonyl (C=O) groups excluding carboxylic acids is 2. The second kappa shape index (κ2) is 9.30. The third-order valence-corrected chi connectivity index (χ3v) is 6.37. The molecule has 0 spiro atoms. The maximum absolute atomic E-state index is 15.2. The lowest BCUT2D eigenvalue weighted by Crippen LogP contribution is -2.46. The van der Waals surface area contributed by atoms with Crippen LogP contribution < -0.4 is 5.73 Å². The van der Waals surface area contributed by atoms with Crippen molar-refractivity contribution in [3.8, 4) is 11.1 Å². The molecule has 0 aliphatic carbocycles. The first-order chi connectivity index (χ1) is 17.7. The Balaban J connectivity index is 1.53. The maximum Gasteiger partial charge on any atom is 0.272 e. The van der Waals surface area contributed by atoms with E-state index in [4.69, 9.17) is 5.73 Å². The topological polar surface area (TPSA) is 110 Å². The molecule has 0 atom stereocenters. The van der Waals surface area contributed by atoms with Gasteiger partial charge in [0.05, 0.1) is 29.2 Å². The molecule has 0 aliphatic heterocycles. The average Bonchev–Trinajstić information content (AvgIpc) is 3.30. The van der Waals surface area contributed by atoms with E-state index >= 15 is 4.39 Å². The lowest BCUT2D eigenvalue weighted by atomic mass is 10.0. The molecule has 3 aromatic heterocycles. The Morgan fingerprint density at radius 1 is 1.05 bits per heavy atom. The molecule has 2 amide bonds. The highest BCUT2D eigenvalue weighted by Gasteiger charge is 2.25. The number of hydrogen-bond acceptors (Lipinski definition) is 6. The number of amides is 2. The van der Waals surface area contributed by atoms with Crippen LogP contribution in [0.4, 0.5) is 10.2 Å². The number of aryl methyl sites for hydroxylation is 1. The van der Waals surface area contributed by atoms with Gasteiger partial charge in [-0.15, -0.1) is 0 Å². The van der Waals surface area contributed by atoms with Crippen molar-refractivity contribution in [1.82, 2.24) is 29.8 Å². The molecular weight excluding hydrogens is 473 g/mol. The van der Waals surface area contributed by atoms with Gasteiger partial charge in [-0.3, -0.25) is 24.3 Å². The van der Waals surface area contributed by atoms with E-state index in [1.54, 1.807) is 66.7 Å². The largest absolute Gasteiger partial charge is 0.383 e. The van der Waals surface area contributed by atoms with E-state index in [-0.39, 0.29) is 18.0 Å². The van der Waals surface area contributed by atoms with Crippen molar-refractivity contribution in [1.29, 1.82) is 0 Å². The van der Waals surface area contributed by atoms with E-state index in [9.17, 15) is 9.59 Å². The Labute approximate surface area is 211 Å². The van der Waals surface area contributed by atoms with Crippen molar-refractivity contribution in [3.05, 3.63) is 84.1 Å². The van der Waals surface area contributed by atoms with Crippen LogP contribution in [0, 0.1) is 5.82 Å². The van der Waals surface area contributed by atoms with Gasteiger partial charge in [0.2, 0.25) is 5.91 Å². The van der Waals surface area contributed by atoms with Gasteiger partial charge in [0.25, 0.3) is 5.91 Å². The van der Waals surface area contributed by atoms with Crippen LogP contribution in [0.1, 0.15) is 22.8 Å². The summed E-state index contributed by atoms with van der Waals surface area (Å²) >= 11 is 0. The number of rotatable bonds is 4. The number of hydrazine groups is 1. The summed E-state index contributed by atoms with van der Waals surface area (Å²) in [5.74, 6) is -0.990. The molecular formula is C27H24FN7O2. The normalized spacial score (nSPS) is 11.1. The van der Waals surface area contributed by atoms with Crippen molar-refractivity contribution >= 4 is 39.4 Å². The van der Waals surface area contributed by atoms with Gasteiger partial charge in [-0.2, -0.15) is 5.10 Å². The Hall–Kier alpha value is -4.86. The molecule has 0 saturated carbocycles. The molecule has 5 rings (SSSR count). The fourth-order valence-electron chi connectivity index (χ4n) is 4.27. The van der Waals surface area contributed by atoms with Crippen molar-refractivity contribution in [3.63, 3.8) is 0 Å². The minimum Gasteiger partial charge on any atom is -0.383 e. The predicted molar refractivity (Wildman–Crippen MR) is 138 cm³/mol. The second-order valence-corrected chi connectivity index (χ2v) is 8.71. The Kier molecular flexibility index (Phi) is 6.00. The van der Waals surface area contributed by atoms with Gasteiger partial charge in [-0.25, -0.2) is 14.4 Å². The minimum atomic E-state index is -0.495. The van der Waals surface area contributed by atoms with Crippen LogP contribution in [0.5, 0.6) is 0 Å². The summed E-state index contributed by atoms with van der Waals surface area (Å²) in [6, 6.07) is 13.4. The zero-order valence-corrected chi connectivity index (χ0v) is 20.5. The number of aromatic nitrogens is 4. The number of fused-ring (bicyclic) bond motifs is 3. The summed E-state index contributed by atoms with van der Waals surface area (Å²) in [7, 11) is 3.26. The molecule has 186 valence electrons. The van der Waals surface area contributed by atoms with E-state index in [1.165, 1.54) is 30.1 Å². The Bertz CT molecular complexity index is 1670. The van der Waals surface area contributed by atoms with E-state index in [2.05, 4.69) is 15.1 Å². The summed E-state index contributed by atoms with van der Waals surface area (Å²) < 4.78 is 16.8. The average molecular weight is 498 g/mol. The van der Waals surface area contributed by atoms with Crippen LogP contribution in [0.2, 0.25) is 0 Å². The van der Waals surface area contributed by atoms with E-state index in [0.29, 0.717) is 33.2 Å². The highest BCUT2D eigenvalue weighted by molar-refractivity contribution is 6.10. The zero-order chi connectivity index (χ0) is 26.3. The molecule has 0 unspecified atom stereocenters. The predicted octanol–water partition coefficient (Wildman–Crippen LogP) is 3.94. The van der Waals surface area contributed by atoms with Crippen molar-refractivity contribution < 1.29 is 14.0 Å². The molecule has 2 N–H and O–H groups in total. The van der Waals surface area contributed by atoms with E-state index < -0.39 is 11.7 Å². The van der Waals surface area contributed by atoms with Gasteiger partial charge in [0.15, 0.2) is 0 Å². The van der Waals surface area contributed by atoms with E-state index in [0.717, 1.165) is 11.1 Å². The summed E-state index contributed by atoms with van der Waals surface area (Å²) in [4.78, 5) is 34.5. The molecule has 0 aliphatic rings. The number of carbonyl (C=O) groups is 2. The second-order valence-electron chi connectivity index (χ2n) is 8.71. The molecule has 5 aromatic rings. The zero-order valence-electron chi connectivity index (χ0n) is 20.5. The third-order valence-electron chi connectivity index (χ3n) is 6.37. The highest BCUT2D eigenvalue weighted by atomic mass is 19.1. The van der Waals surface area contributed by atoms with Gasteiger partial charge in [-0.05, 0) is 35.9 Å². The number of nitrogens with zero attached hydrogens (tertiary/aromatic N) is 6. The first-order valence-electron chi connectivity index (χ1n) is 11.5. The molecule has 3 heterocycles. The molecule has 10 heteroatoms. The molecule has 0 saturated heterocycles. The lowest BCUT2D eigenvalue weighted by molar-refractivity contribution is -0.140. The smallest absolute Gasteiger partial charge is 0.272 e. The summed E-state index contributed by atoms with van der Waals surface area (Å²) in [6.07, 6.45) is 4.92. The third kappa shape index (κ3) is 4.33. The van der Waals surface area contributed by atoms with Gasteiger partial charge < -0.3 is 5.73 Å². The van der Waals surface area contributed by atoms with Crippen molar-refractivity contribution in [2.75, 3.05) is 12.8 Å². The molecule has 9 nitrogen and oxygen atoms in total. The number of pyridine rings is 2. The van der Waals surface area contributed by atoms with Gasteiger partial charge in [0.1, 0.15) is 11.6 Å². The molecule has 0 bridgehead atoms. The fourth-order valence-corrected chi connectivity index (χ4v) is 4.27. The Morgan fingerprint density at radius 3 is 2.57 bits per heavy atom. The number of benzene rings is 2. The molecule has 2 aromatic carbocycles. The monoisotopic (exact) mass is 497 g/mol. The fraction of sp³-hybridized carbons (Fsp3) is 0.148. The molecule has 0 radical (unpaired) electrons. The van der Waals surface area contributed by atoms with Crippen LogP contribution in [-0.4, -0.2) is 48.6 Å². The van der Waals surface area contributed by atoms with Crippen LogP contribution >= 0.6 is 0 Å². The maximum atomic E-state index is 15.2. The first-order valence-corrected chi connectivity index (χ1v) is 11.5. The summed E-state index contributed by atoms with van der Waals surface area (Å²) in [6.45, 7) is 1.20. The standard InChI is InChI=1S/C27H24FN7O2/c1-16(36)34(3)35(15-20-7-6-17(12-23(20)28)19-5-4-10-30-13-19)27(37)18-8-9-24-21(11-18)25-22(26(29)32-24)14-31-33(25)2/h4-14H,15H2,1-3H3,(H2,29,32). The van der Waals surface area contributed by atoms with Crippen LogP contribution in [0.25, 0.3) is 32.9 Å². The van der Waals surface area contributed by atoms with Gasteiger partial charge in [-0.1, -0.05) is 18.2 Å². The highest BCUT2D eigenvalue weighted by Crippen LogP contribution is 2.29. The van der Waals surface area contributed by atoms with Crippen molar-refractivity contribution in [2.24, 2.45) is 7.05 Å². The number of nitrogen functional groups attached to an aromatic ring is 1. The van der Waals surface area contributed by atoms with Crippen LogP contribution in [0.3, 0.4) is 0 Å². The SMILES string of the molecule is CC(=O)N(C)N(Cc1ccc(-c2cccnc2)cc1F)C(=O)c1ccc2nc(N)c3cnn(C)c3c2c1. The van der Waals surface area contributed by atoms with Crippen molar-refractivity contribution in [2.45, 2.75) is 13.5 Å². The summed E-state index contributed by atoms with van der Waals surface area (Å²) in [5, 5.41) is 8.03. The van der Waals surface area contributed by atoms with Gasteiger partial charge in [0, 0.05) is 55.5 Å². The number of anilines is 1. The number of halogens is 1. The van der Waals surface area contributed by atoms with Gasteiger partial charge >= 0.3 is 0 Å². The number of hydrogen-bond donors (Lipinski definition) is 1.